The molecule has 3 rings (SSSR count). The summed E-state index contributed by atoms with van der Waals surface area (Å²) >= 11 is 0. The summed E-state index contributed by atoms with van der Waals surface area (Å²) in [6.45, 7) is 0.278. The summed E-state index contributed by atoms with van der Waals surface area (Å²) in [4.78, 5) is 26.0. The van der Waals surface area contributed by atoms with E-state index in [0.717, 1.165) is 31.2 Å². The van der Waals surface area contributed by atoms with Gasteiger partial charge < -0.3 is 20.1 Å². The first-order valence-electron chi connectivity index (χ1n) is 8.42. The van der Waals surface area contributed by atoms with E-state index in [1.54, 1.807) is 0 Å². The fourth-order valence-electron chi connectivity index (χ4n) is 3.93. The van der Waals surface area contributed by atoms with Gasteiger partial charge in [-0.3, -0.25) is 4.79 Å². The van der Waals surface area contributed by atoms with Crippen LogP contribution in [0.15, 0.2) is 30.3 Å². The van der Waals surface area contributed by atoms with Crippen molar-refractivity contribution in [2.24, 2.45) is 11.7 Å². The van der Waals surface area contributed by atoms with Crippen LogP contribution in [0.4, 0.5) is 4.79 Å². The molecule has 0 aromatic heterocycles. The predicted octanol–water partition coefficient (Wildman–Crippen LogP) is 2.07. The third-order valence-corrected chi connectivity index (χ3v) is 5.17. The number of esters is 1. The number of carbonyl (C=O) groups is 2. The Morgan fingerprint density at radius 3 is 2.42 bits per heavy atom. The number of nitrogens with zero attached hydrogens (tertiary/aromatic N) is 1. The molecule has 0 aliphatic carbocycles. The number of ether oxygens (including phenoxy) is 2. The van der Waals surface area contributed by atoms with Crippen molar-refractivity contribution < 1.29 is 19.1 Å². The van der Waals surface area contributed by atoms with E-state index < -0.39 is 6.04 Å². The maximum Gasteiger partial charge on any atom is 0.410 e. The van der Waals surface area contributed by atoms with Crippen molar-refractivity contribution in [3.05, 3.63) is 35.9 Å². The Morgan fingerprint density at radius 1 is 1.21 bits per heavy atom. The Morgan fingerprint density at radius 2 is 1.83 bits per heavy atom. The molecule has 6 nitrogen and oxygen atoms in total. The number of carbonyl (C=O) groups excluding carboxylic acids is 2. The highest BCUT2D eigenvalue weighted by molar-refractivity contribution is 5.76. The van der Waals surface area contributed by atoms with Gasteiger partial charge in [0.2, 0.25) is 0 Å². The summed E-state index contributed by atoms with van der Waals surface area (Å²) in [6, 6.07) is 9.24. The highest BCUT2D eigenvalue weighted by Crippen LogP contribution is 2.40. The van der Waals surface area contributed by atoms with Gasteiger partial charge in [0, 0.05) is 12.1 Å². The lowest BCUT2D eigenvalue weighted by Gasteiger charge is -2.39. The molecule has 1 aromatic carbocycles. The number of benzene rings is 1. The van der Waals surface area contributed by atoms with Gasteiger partial charge in [0.05, 0.1) is 7.11 Å². The van der Waals surface area contributed by atoms with Gasteiger partial charge in [-0.25, -0.2) is 4.79 Å². The first-order valence-corrected chi connectivity index (χ1v) is 8.42. The lowest BCUT2D eigenvalue weighted by molar-refractivity contribution is -0.144. The van der Waals surface area contributed by atoms with Crippen LogP contribution in [0.25, 0.3) is 0 Å². The minimum absolute atomic E-state index is 0.0631. The van der Waals surface area contributed by atoms with Crippen LogP contribution in [0, 0.1) is 5.92 Å². The van der Waals surface area contributed by atoms with Crippen LogP contribution in [0.1, 0.15) is 31.2 Å². The van der Waals surface area contributed by atoms with E-state index >= 15 is 0 Å². The summed E-state index contributed by atoms with van der Waals surface area (Å²) in [5.74, 6) is -0.312. The Labute approximate surface area is 141 Å². The molecule has 3 atom stereocenters. The molecule has 2 aliphatic rings. The van der Waals surface area contributed by atoms with Crippen LogP contribution in [0.2, 0.25) is 0 Å². The lowest BCUT2D eigenvalue weighted by Crippen LogP contribution is -2.51. The molecule has 1 aromatic rings. The molecule has 0 radical (unpaired) electrons. The molecule has 0 saturated carbocycles. The number of nitrogens with two attached hydrogens (primary N) is 1. The number of fused-ring (bicyclic) bond motifs is 2. The first kappa shape index (κ1) is 16.8. The SMILES string of the molecule is COC(=O)C(N)C1CC2CCC(C1)N2C(=O)OCc1ccccc1. The van der Waals surface area contributed by atoms with Crippen LogP contribution in [0.5, 0.6) is 0 Å². The zero-order chi connectivity index (χ0) is 17.1. The summed E-state index contributed by atoms with van der Waals surface area (Å²) in [5.41, 5.74) is 6.97. The van der Waals surface area contributed by atoms with Crippen molar-refractivity contribution in [1.29, 1.82) is 0 Å². The highest BCUT2D eigenvalue weighted by Gasteiger charge is 2.46. The van der Waals surface area contributed by atoms with E-state index in [1.807, 2.05) is 35.2 Å². The third kappa shape index (κ3) is 3.38. The molecule has 24 heavy (non-hydrogen) atoms. The van der Waals surface area contributed by atoms with Crippen LogP contribution in [-0.2, 0) is 20.9 Å². The maximum atomic E-state index is 12.5. The van der Waals surface area contributed by atoms with Gasteiger partial charge in [-0.15, -0.1) is 0 Å². The minimum Gasteiger partial charge on any atom is -0.468 e. The fraction of sp³-hybridized carbons (Fsp3) is 0.556. The molecule has 2 N–H and O–H groups in total. The second kappa shape index (κ2) is 7.21. The highest BCUT2D eigenvalue weighted by atomic mass is 16.6. The standard InChI is InChI=1S/C18H24N2O4/c1-23-17(21)16(19)13-9-14-7-8-15(10-13)20(14)18(22)24-11-12-5-3-2-4-6-12/h2-6,13-16H,7-11,19H2,1H3. The molecular weight excluding hydrogens is 308 g/mol. The van der Waals surface area contributed by atoms with Gasteiger partial charge in [0.25, 0.3) is 0 Å². The van der Waals surface area contributed by atoms with Gasteiger partial charge in [0.1, 0.15) is 12.6 Å². The number of amides is 1. The Balaban J connectivity index is 1.58. The van der Waals surface area contributed by atoms with Crippen molar-refractivity contribution in [1.82, 2.24) is 4.90 Å². The average Bonchev–Trinajstić information content (AvgIpc) is 2.89. The molecule has 2 heterocycles. The Kier molecular flexibility index (Phi) is 5.04. The second-order valence-electron chi connectivity index (χ2n) is 6.61. The van der Waals surface area contributed by atoms with Gasteiger partial charge in [-0.1, -0.05) is 30.3 Å². The molecule has 2 aliphatic heterocycles. The zero-order valence-electron chi connectivity index (χ0n) is 13.9. The Hall–Kier alpha value is -2.08. The van der Waals surface area contributed by atoms with Crippen LogP contribution < -0.4 is 5.73 Å². The van der Waals surface area contributed by atoms with Crippen LogP contribution in [0.3, 0.4) is 0 Å². The molecule has 2 fully saturated rings. The first-order chi connectivity index (χ1) is 11.6. The monoisotopic (exact) mass is 332 g/mol. The minimum atomic E-state index is -0.611. The number of hydrogen-bond acceptors (Lipinski definition) is 5. The van der Waals surface area contributed by atoms with E-state index in [2.05, 4.69) is 0 Å². The van der Waals surface area contributed by atoms with Gasteiger partial charge in [-0.05, 0) is 37.2 Å². The number of rotatable bonds is 4. The van der Waals surface area contributed by atoms with Gasteiger partial charge >= 0.3 is 12.1 Å². The Bertz CT molecular complexity index is 578. The normalized spacial score (nSPS) is 26.8. The van der Waals surface area contributed by atoms with Gasteiger partial charge in [0.15, 0.2) is 0 Å². The summed E-state index contributed by atoms with van der Waals surface area (Å²) < 4.78 is 10.2. The molecule has 0 spiro atoms. The summed E-state index contributed by atoms with van der Waals surface area (Å²) in [6.07, 6.45) is 3.07. The summed E-state index contributed by atoms with van der Waals surface area (Å²) in [5, 5.41) is 0. The number of hydrogen-bond donors (Lipinski definition) is 1. The summed E-state index contributed by atoms with van der Waals surface area (Å²) in [7, 11) is 1.35. The van der Waals surface area contributed by atoms with Crippen molar-refractivity contribution >= 4 is 12.1 Å². The fourth-order valence-corrected chi connectivity index (χ4v) is 3.93. The van der Waals surface area contributed by atoms with Crippen molar-refractivity contribution in [2.75, 3.05) is 7.11 Å². The van der Waals surface area contributed by atoms with Crippen LogP contribution >= 0.6 is 0 Å². The van der Waals surface area contributed by atoms with Gasteiger partial charge in [-0.2, -0.15) is 0 Å². The molecule has 1 amide bonds. The quantitative estimate of drug-likeness (QED) is 0.854. The molecule has 130 valence electrons. The van der Waals surface area contributed by atoms with E-state index in [-0.39, 0.29) is 36.7 Å². The van der Waals surface area contributed by atoms with Crippen molar-refractivity contribution in [3.63, 3.8) is 0 Å². The van der Waals surface area contributed by atoms with E-state index in [0.29, 0.717) is 0 Å². The van der Waals surface area contributed by atoms with Crippen molar-refractivity contribution in [3.8, 4) is 0 Å². The van der Waals surface area contributed by atoms with E-state index in [1.165, 1.54) is 7.11 Å². The maximum absolute atomic E-state index is 12.5. The van der Waals surface area contributed by atoms with Crippen molar-refractivity contribution in [2.45, 2.75) is 50.4 Å². The second-order valence-corrected chi connectivity index (χ2v) is 6.61. The molecule has 6 heteroatoms. The lowest BCUT2D eigenvalue weighted by atomic mass is 9.85. The predicted molar refractivity (Wildman–Crippen MR) is 88.0 cm³/mol. The molecule has 2 saturated heterocycles. The van der Waals surface area contributed by atoms with Crippen LogP contribution in [-0.4, -0.2) is 42.2 Å². The number of piperidine rings is 1. The van der Waals surface area contributed by atoms with E-state index in [4.69, 9.17) is 15.2 Å². The molecule has 2 bridgehead atoms. The average molecular weight is 332 g/mol. The largest absolute Gasteiger partial charge is 0.468 e. The topological polar surface area (TPSA) is 81.9 Å². The number of methoxy groups -OCH3 is 1. The molecular formula is C18H24N2O4. The molecule has 3 unspecified atom stereocenters. The zero-order valence-corrected chi connectivity index (χ0v) is 13.9. The third-order valence-electron chi connectivity index (χ3n) is 5.17. The van der Waals surface area contributed by atoms with E-state index in [9.17, 15) is 9.59 Å². The smallest absolute Gasteiger partial charge is 0.410 e.